The molecule has 0 saturated carbocycles. The molecule has 8 heteroatoms. The lowest BCUT2D eigenvalue weighted by atomic mass is 10.1. The number of anilines is 2. The number of amides is 2. The Morgan fingerprint density at radius 1 is 0.884 bits per heavy atom. The Labute approximate surface area is 264 Å². The van der Waals surface area contributed by atoms with Gasteiger partial charge in [0.1, 0.15) is 6.54 Å². The number of hydrogen-bond donors (Lipinski definition) is 3. The Morgan fingerprint density at radius 2 is 1.49 bits per heavy atom. The molecular formula is C35H55N4O3S+. The molecule has 3 rings (SSSR count). The van der Waals surface area contributed by atoms with Gasteiger partial charge in [0, 0.05) is 17.1 Å². The highest BCUT2D eigenvalue weighted by molar-refractivity contribution is 7.99. The number of likely N-dealkylation sites (tertiary alicyclic amines) is 1. The Bertz CT molecular complexity index is 1150. The van der Waals surface area contributed by atoms with E-state index >= 15 is 0 Å². The molecule has 1 fully saturated rings. The van der Waals surface area contributed by atoms with E-state index in [4.69, 9.17) is 0 Å². The van der Waals surface area contributed by atoms with Crippen LogP contribution in [0, 0.1) is 27.7 Å². The summed E-state index contributed by atoms with van der Waals surface area (Å²) in [5.74, 6) is 2.17. The molecule has 7 nitrogen and oxygen atoms in total. The first-order valence-electron chi connectivity index (χ1n) is 16.2. The van der Waals surface area contributed by atoms with Gasteiger partial charge < -0.3 is 20.2 Å². The molecule has 1 saturated heterocycles. The van der Waals surface area contributed by atoms with Gasteiger partial charge in [-0.25, -0.2) is 0 Å². The standard InChI is InChI=1S/C35H54N4O3S/c1-6-43-25-23-39(22-24-40,26-32(41)36-33-27(2)14-11-15-28(33)3)21-10-8-7-9-19-38-20-13-18-31(38)35(42)37-34-29(4)16-12-17-30(34)5/h11-12,14-17,31,40H,6-10,13,18-26H2,1-5H3,(H-,36,37,41,42)/p+1. The predicted molar refractivity (Wildman–Crippen MR) is 182 cm³/mol. The summed E-state index contributed by atoms with van der Waals surface area (Å²) >= 11 is 1.90. The number of carbonyl (C=O) groups excluding carboxylic acids is 2. The molecule has 2 atom stereocenters. The molecule has 0 aliphatic carbocycles. The quantitative estimate of drug-likeness (QED) is 0.141. The molecule has 1 aliphatic rings. The van der Waals surface area contributed by atoms with Gasteiger partial charge in [-0.05, 0) is 101 Å². The molecule has 1 heterocycles. The maximum atomic E-state index is 13.3. The maximum absolute atomic E-state index is 13.3. The highest BCUT2D eigenvalue weighted by Gasteiger charge is 2.32. The number of nitrogens with zero attached hydrogens (tertiary/aromatic N) is 2. The van der Waals surface area contributed by atoms with Gasteiger partial charge in [-0.1, -0.05) is 49.7 Å². The van der Waals surface area contributed by atoms with Gasteiger partial charge in [-0.2, -0.15) is 11.8 Å². The summed E-state index contributed by atoms with van der Waals surface area (Å²) in [6.07, 6.45) is 6.23. The summed E-state index contributed by atoms with van der Waals surface area (Å²) in [5, 5.41) is 16.4. The zero-order valence-corrected chi connectivity index (χ0v) is 28.0. The molecule has 0 bridgehead atoms. The van der Waals surface area contributed by atoms with Crippen molar-refractivity contribution in [3.05, 3.63) is 58.7 Å². The third kappa shape index (κ3) is 10.6. The van der Waals surface area contributed by atoms with E-state index in [9.17, 15) is 14.7 Å². The zero-order valence-electron chi connectivity index (χ0n) is 27.2. The maximum Gasteiger partial charge on any atom is 0.279 e. The minimum atomic E-state index is -0.0562. The minimum Gasteiger partial charge on any atom is -0.391 e. The topological polar surface area (TPSA) is 81.7 Å². The molecule has 2 unspecified atom stereocenters. The lowest BCUT2D eigenvalue weighted by Crippen LogP contribution is -2.55. The van der Waals surface area contributed by atoms with E-state index < -0.39 is 0 Å². The van der Waals surface area contributed by atoms with Crippen LogP contribution in [0.5, 0.6) is 0 Å². The van der Waals surface area contributed by atoms with Gasteiger partial charge in [0.05, 0.1) is 25.7 Å². The normalized spacial score (nSPS) is 16.7. The van der Waals surface area contributed by atoms with E-state index in [1.54, 1.807) is 0 Å². The van der Waals surface area contributed by atoms with E-state index in [-0.39, 0.29) is 24.5 Å². The van der Waals surface area contributed by atoms with Gasteiger partial charge in [-0.3, -0.25) is 14.5 Å². The number of aryl methyl sites for hydroxylation is 4. The van der Waals surface area contributed by atoms with Crippen molar-refractivity contribution in [1.82, 2.24) is 4.90 Å². The molecule has 2 amide bonds. The number of nitrogens with one attached hydrogen (secondary N) is 2. The summed E-state index contributed by atoms with van der Waals surface area (Å²) in [5.41, 5.74) is 6.19. The summed E-state index contributed by atoms with van der Waals surface area (Å²) in [6.45, 7) is 15.0. The van der Waals surface area contributed by atoms with Gasteiger partial charge in [-0.15, -0.1) is 0 Å². The van der Waals surface area contributed by atoms with Gasteiger partial charge in [0.25, 0.3) is 5.91 Å². The number of aliphatic hydroxyl groups is 1. The number of quaternary nitrogens is 1. The Balaban J connectivity index is 1.51. The summed E-state index contributed by atoms with van der Waals surface area (Å²) in [6, 6.07) is 12.1. The smallest absolute Gasteiger partial charge is 0.279 e. The molecule has 0 aromatic heterocycles. The Kier molecular flexibility index (Phi) is 14.5. The van der Waals surface area contributed by atoms with Crippen molar-refractivity contribution in [2.45, 2.75) is 79.2 Å². The molecule has 0 spiro atoms. The fourth-order valence-electron chi connectivity index (χ4n) is 6.41. The molecular weight excluding hydrogens is 556 g/mol. The lowest BCUT2D eigenvalue weighted by Gasteiger charge is -2.38. The van der Waals surface area contributed by atoms with E-state index in [0.29, 0.717) is 17.6 Å². The Hall–Kier alpha value is -2.39. The second-order valence-corrected chi connectivity index (χ2v) is 13.7. The van der Waals surface area contributed by atoms with Crippen LogP contribution in [0.3, 0.4) is 0 Å². The van der Waals surface area contributed by atoms with E-state index in [2.05, 4.69) is 22.5 Å². The molecule has 3 N–H and O–H groups in total. The van der Waals surface area contributed by atoms with Gasteiger partial charge >= 0.3 is 0 Å². The highest BCUT2D eigenvalue weighted by atomic mass is 32.2. The van der Waals surface area contributed by atoms with Crippen LogP contribution in [0.1, 0.15) is 67.7 Å². The number of benzene rings is 2. The first-order chi connectivity index (χ1) is 20.7. The van der Waals surface area contributed by atoms with Gasteiger partial charge in [0.15, 0.2) is 6.54 Å². The summed E-state index contributed by atoms with van der Waals surface area (Å²) in [7, 11) is 0. The number of rotatable bonds is 18. The minimum absolute atomic E-state index is 0.0200. The van der Waals surface area contributed by atoms with E-state index in [0.717, 1.165) is 110 Å². The zero-order chi connectivity index (χ0) is 31.2. The number of unbranched alkanes of at least 4 members (excludes halogenated alkanes) is 3. The second kappa shape index (κ2) is 17.8. The van der Waals surface area contributed by atoms with Crippen molar-refractivity contribution >= 4 is 35.0 Å². The van der Waals surface area contributed by atoms with Crippen molar-refractivity contribution in [3.8, 4) is 0 Å². The highest BCUT2D eigenvalue weighted by Crippen LogP contribution is 2.24. The van der Waals surface area contributed by atoms with E-state index in [1.807, 2.05) is 75.9 Å². The molecule has 1 aliphatic heterocycles. The molecule has 238 valence electrons. The SMILES string of the molecule is CCSCC[N+](CCO)(CCCCCCN1CCCC1C(=O)Nc1c(C)cccc1C)CC(=O)Nc1c(C)cccc1C. The van der Waals surface area contributed by atoms with Crippen molar-refractivity contribution in [2.75, 3.05) is 68.0 Å². The van der Waals surface area contributed by atoms with Crippen molar-refractivity contribution < 1.29 is 19.2 Å². The van der Waals surface area contributed by atoms with Gasteiger partial charge in [0.2, 0.25) is 5.91 Å². The van der Waals surface area contributed by atoms with Crippen LogP contribution in [0.25, 0.3) is 0 Å². The third-order valence-corrected chi connectivity index (χ3v) is 9.82. The van der Waals surface area contributed by atoms with Crippen molar-refractivity contribution in [1.29, 1.82) is 0 Å². The average molecular weight is 612 g/mol. The fraction of sp³-hybridized carbons (Fsp3) is 0.600. The Morgan fingerprint density at radius 3 is 2.09 bits per heavy atom. The second-order valence-electron chi connectivity index (χ2n) is 12.3. The average Bonchev–Trinajstić information content (AvgIpc) is 3.44. The number of aliphatic hydroxyl groups excluding tert-OH is 1. The number of hydrogen-bond acceptors (Lipinski definition) is 5. The van der Waals surface area contributed by atoms with E-state index in [1.165, 1.54) is 0 Å². The van der Waals surface area contributed by atoms with Crippen LogP contribution in [0.2, 0.25) is 0 Å². The van der Waals surface area contributed by atoms with Crippen LogP contribution in [0.15, 0.2) is 36.4 Å². The van der Waals surface area contributed by atoms with Crippen LogP contribution >= 0.6 is 11.8 Å². The van der Waals surface area contributed by atoms with Crippen molar-refractivity contribution in [3.63, 3.8) is 0 Å². The van der Waals surface area contributed by atoms with Crippen LogP contribution < -0.4 is 10.6 Å². The monoisotopic (exact) mass is 611 g/mol. The number of thioether (sulfide) groups is 1. The number of para-hydroxylation sites is 2. The van der Waals surface area contributed by atoms with Crippen LogP contribution in [-0.2, 0) is 9.59 Å². The first-order valence-corrected chi connectivity index (χ1v) is 17.4. The first kappa shape index (κ1) is 35.1. The summed E-state index contributed by atoms with van der Waals surface area (Å²) in [4.78, 5) is 28.8. The van der Waals surface area contributed by atoms with Crippen molar-refractivity contribution in [2.24, 2.45) is 0 Å². The number of carbonyl (C=O) groups is 2. The molecule has 43 heavy (non-hydrogen) atoms. The molecule has 0 radical (unpaired) electrons. The lowest BCUT2D eigenvalue weighted by molar-refractivity contribution is -0.918. The predicted octanol–water partition coefficient (Wildman–Crippen LogP) is 6.08. The van der Waals surface area contributed by atoms with Crippen LogP contribution in [0.4, 0.5) is 11.4 Å². The largest absolute Gasteiger partial charge is 0.391 e. The fourth-order valence-corrected chi connectivity index (χ4v) is 7.21. The molecule has 2 aromatic rings. The summed E-state index contributed by atoms with van der Waals surface area (Å²) < 4.78 is 0.618. The molecule has 2 aromatic carbocycles. The van der Waals surface area contributed by atoms with Crippen LogP contribution in [-0.4, -0.2) is 89.7 Å². The third-order valence-electron chi connectivity index (χ3n) is 8.94.